The molecule has 1 unspecified atom stereocenters. The van der Waals surface area contributed by atoms with Gasteiger partial charge in [-0.3, -0.25) is 9.78 Å². The summed E-state index contributed by atoms with van der Waals surface area (Å²) in [5, 5.41) is 3.43. The molecule has 0 aliphatic heterocycles. The van der Waals surface area contributed by atoms with Crippen molar-refractivity contribution in [3.63, 3.8) is 0 Å². The van der Waals surface area contributed by atoms with E-state index in [-0.39, 0.29) is 17.7 Å². The lowest BCUT2D eigenvalue weighted by Crippen LogP contribution is -2.40. The van der Waals surface area contributed by atoms with Crippen molar-refractivity contribution < 1.29 is 13.9 Å². The molecule has 0 radical (unpaired) electrons. The van der Waals surface area contributed by atoms with E-state index in [1.165, 1.54) is 24.0 Å². The van der Waals surface area contributed by atoms with Crippen molar-refractivity contribution >= 4 is 28.6 Å². The molecule has 2 aromatic rings. The van der Waals surface area contributed by atoms with E-state index >= 15 is 0 Å². The second-order valence-electron chi connectivity index (χ2n) is 5.60. The lowest BCUT2D eigenvalue weighted by atomic mass is 10.1. The van der Waals surface area contributed by atoms with E-state index in [9.17, 15) is 9.18 Å². The number of fused-ring (bicyclic) bond motifs is 1. The van der Waals surface area contributed by atoms with Crippen molar-refractivity contribution in [2.75, 3.05) is 6.26 Å². The minimum atomic E-state index is -0.845. The zero-order valence-electron chi connectivity index (χ0n) is 14.0. The Morgan fingerprint density at radius 1 is 1.46 bits per heavy atom. The van der Waals surface area contributed by atoms with Crippen LogP contribution in [-0.2, 0) is 4.79 Å². The van der Waals surface area contributed by atoms with Gasteiger partial charge in [-0.2, -0.15) is 0 Å². The van der Waals surface area contributed by atoms with Gasteiger partial charge in [-0.15, -0.1) is 18.2 Å². The van der Waals surface area contributed by atoms with Gasteiger partial charge in [-0.1, -0.05) is 5.92 Å². The maximum Gasteiger partial charge on any atom is 0.271 e. The van der Waals surface area contributed by atoms with Gasteiger partial charge in [-0.05, 0) is 39.2 Å². The van der Waals surface area contributed by atoms with Crippen LogP contribution in [0, 0.1) is 25.1 Å². The Bertz CT molecular complexity index is 815. The summed E-state index contributed by atoms with van der Waals surface area (Å²) in [7, 11) is 0. The number of halogens is 1. The summed E-state index contributed by atoms with van der Waals surface area (Å²) in [6.45, 7) is 5.32. The highest BCUT2D eigenvalue weighted by Crippen LogP contribution is 2.30. The largest absolute Gasteiger partial charge is 0.467 e. The average Bonchev–Trinajstić information content (AvgIpc) is 2.55. The maximum atomic E-state index is 14.6. The number of rotatable bonds is 5. The zero-order valence-corrected chi connectivity index (χ0v) is 14.8. The molecule has 0 aliphatic rings. The first-order valence-electron chi connectivity index (χ1n) is 7.42. The van der Waals surface area contributed by atoms with E-state index in [0.29, 0.717) is 22.0 Å². The smallest absolute Gasteiger partial charge is 0.271 e. The lowest BCUT2D eigenvalue weighted by Gasteiger charge is -2.19. The van der Waals surface area contributed by atoms with Crippen LogP contribution in [0.5, 0.6) is 5.75 Å². The Hall–Kier alpha value is -2.26. The fraction of sp³-hybridized carbons (Fsp3) is 0.333. The molecule has 0 bridgehead atoms. The highest BCUT2D eigenvalue weighted by atomic mass is 32.2. The molecule has 4 nitrogen and oxygen atoms in total. The fourth-order valence-electron chi connectivity index (χ4n) is 2.24. The molecular formula is C18H19FN2O2S. The number of benzene rings is 1. The molecule has 0 fully saturated rings. The van der Waals surface area contributed by atoms with E-state index in [2.05, 4.69) is 16.2 Å². The molecule has 1 aromatic heterocycles. The second-order valence-corrected chi connectivity index (χ2v) is 6.50. The number of aromatic nitrogens is 1. The number of carbonyl (C=O) groups is 1. The fourth-order valence-corrected chi connectivity index (χ4v) is 2.72. The third-order valence-corrected chi connectivity index (χ3v) is 4.10. The molecule has 0 spiro atoms. The molecule has 126 valence electrons. The van der Waals surface area contributed by atoms with E-state index in [0.717, 1.165) is 0 Å². The topological polar surface area (TPSA) is 51.2 Å². The van der Waals surface area contributed by atoms with Crippen molar-refractivity contribution in [3.05, 3.63) is 35.3 Å². The van der Waals surface area contributed by atoms with Gasteiger partial charge in [0.25, 0.3) is 5.91 Å². The molecular weight excluding hydrogens is 327 g/mol. The van der Waals surface area contributed by atoms with E-state index in [1.54, 1.807) is 19.2 Å². The molecule has 0 saturated carbocycles. The molecule has 24 heavy (non-hydrogen) atoms. The van der Waals surface area contributed by atoms with Crippen LogP contribution in [-0.4, -0.2) is 28.6 Å². The molecule has 1 aromatic carbocycles. The zero-order chi connectivity index (χ0) is 17.9. The van der Waals surface area contributed by atoms with Crippen LogP contribution < -0.4 is 10.1 Å². The molecule has 0 saturated heterocycles. The van der Waals surface area contributed by atoms with Crippen LogP contribution in [0.15, 0.2) is 18.3 Å². The quantitative estimate of drug-likeness (QED) is 0.667. The SMILES string of the molecule is C#Cc1cnc2c(C)c(F)c(OC(SC)C(=O)NC(C)C)cc2c1. The number of pyridine rings is 1. The first-order valence-corrected chi connectivity index (χ1v) is 8.71. The number of hydrogen-bond donors (Lipinski definition) is 1. The summed E-state index contributed by atoms with van der Waals surface area (Å²) in [4.78, 5) is 16.3. The van der Waals surface area contributed by atoms with Gasteiger partial charge in [0.05, 0.1) is 5.52 Å². The predicted octanol–water partition coefficient (Wildman–Crippen LogP) is 3.26. The summed E-state index contributed by atoms with van der Waals surface area (Å²) in [6.07, 6.45) is 8.64. The van der Waals surface area contributed by atoms with Crippen molar-refractivity contribution in [2.24, 2.45) is 0 Å². The maximum absolute atomic E-state index is 14.6. The molecule has 6 heteroatoms. The highest BCUT2D eigenvalue weighted by molar-refractivity contribution is 7.99. The standard InChI is InChI=1S/C18H19FN2O2S/c1-6-12-7-13-8-14(15(19)11(4)16(13)20-9-12)23-18(24-5)17(22)21-10(2)3/h1,7-10,18H,2-5H3,(H,21,22). The molecule has 1 atom stereocenters. The van der Waals surface area contributed by atoms with E-state index < -0.39 is 11.3 Å². The van der Waals surface area contributed by atoms with Gasteiger partial charge in [0, 0.05) is 28.8 Å². The molecule has 2 rings (SSSR count). The first kappa shape index (κ1) is 18.1. The molecule has 1 heterocycles. The third kappa shape index (κ3) is 3.80. The van der Waals surface area contributed by atoms with E-state index in [4.69, 9.17) is 11.2 Å². The number of thioether (sulfide) groups is 1. The molecule has 1 N–H and O–H groups in total. The van der Waals surface area contributed by atoms with Crippen molar-refractivity contribution in [1.29, 1.82) is 0 Å². The Kier molecular flexibility index (Phi) is 5.68. The average molecular weight is 346 g/mol. The number of nitrogens with zero attached hydrogens (tertiary/aromatic N) is 1. The summed E-state index contributed by atoms with van der Waals surface area (Å²) < 4.78 is 20.2. The summed E-state index contributed by atoms with van der Waals surface area (Å²) >= 11 is 1.19. The van der Waals surface area contributed by atoms with Crippen molar-refractivity contribution in [2.45, 2.75) is 32.2 Å². The van der Waals surface area contributed by atoms with Gasteiger partial charge < -0.3 is 10.1 Å². The molecule has 0 aliphatic carbocycles. The highest BCUT2D eigenvalue weighted by Gasteiger charge is 2.23. The number of nitrogens with one attached hydrogen (secondary N) is 1. The Morgan fingerprint density at radius 2 is 2.17 bits per heavy atom. The summed E-state index contributed by atoms with van der Waals surface area (Å²) in [5.41, 5.74) is 0.627. The number of carbonyl (C=O) groups excluding carboxylic acids is 1. The van der Waals surface area contributed by atoms with Gasteiger partial charge >= 0.3 is 0 Å². The Morgan fingerprint density at radius 3 is 2.75 bits per heavy atom. The van der Waals surface area contributed by atoms with Crippen LogP contribution in [0.1, 0.15) is 25.0 Å². The summed E-state index contributed by atoms with van der Waals surface area (Å²) in [5.74, 6) is 1.68. The number of ether oxygens (including phenoxy) is 1. The van der Waals surface area contributed by atoms with Crippen LogP contribution in [0.25, 0.3) is 10.9 Å². The lowest BCUT2D eigenvalue weighted by molar-refractivity contribution is -0.125. The van der Waals surface area contributed by atoms with Crippen molar-refractivity contribution in [3.8, 4) is 18.1 Å². The number of hydrogen-bond acceptors (Lipinski definition) is 4. The molecule has 1 amide bonds. The van der Waals surface area contributed by atoms with Gasteiger partial charge in [0.1, 0.15) is 0 Å². The summed E-state index contributed by atoms with van der Waals surface area (Å²) in [6, 6.07) is 3.24. The number of aryl methyl sites for hydroxylation is 1. The predicted molar refractivity (Wildman–Crippen MR) is 95.6 cm³/mol. The van der Waals surface area contributed by atoms with Crippen LogP contribution in [0.2, 0.25) is 0 Å². The minimum absolute atomic E-state index is 0.00854. The van der Waals surface area contributed by atoms with Gasteiger partial charge in [0.2, 0.25) is 5.44 Å². The Balaban J connectivity index is 2.42. The van der Waals surface area contributed by atoms with Crippen LogP contribution >= 0.6 is 11.8 Å². The third-order valence-electron chi connectivity index (χ3n) is 3.36. The van der Waals surface area contributed by atoms with Crippen LogP contribution in [0.4, 0.5) is 4.39 Å². The van der Waals surface area contributed by atoms with Gasteiger partial charge in [0.15, 0.2) is 11.6 Å². The minimum Gasteiger partial charge on any atom is -0.467 e. The number of terminal acetylenes is 1. The van der Waals surface area contributed by atoms with Crippen molar-refractivity contribution in [1.82, 2.24) is 10.3 Å². The Labute approximate surface area is 145 Å². The monoisotopic (exact) mass is 346 g/mol. The van der Waals surface area contributed by atoms with Gasteiger partial charge in [-0.25, -0.2) is 4.39 Å². The number of amides is 1. The van der Waals surface area contributed by atoms with E-state index in [1.807, 2.05) is 13.8 Å². The second kappa shape index (κ2) is 7.54. The van der Waals surface area contributed by atoms with Crippen LogP contribution in [0.3, 0.4) is 0 Å². The normalized spacial score (nSPS) is 12.0. The first-order chi connectivity index (χ1) is 11.4.